The van der Waals surface area contributed by atoms with Crippen LogP contribution < -0.4 is 19.5 Å². The third kappa shape index (κ3) is 8.92. The lowest BCUT2D eigenvalue weighted by molar-refractivity contribution is -0.142. The van der Waals surface area contributed by atoms with Crippen molar-refractivity contribution in [3.8, 4) is 28.4 Å². The molecular formula is C47H42Cl2N4O8. The fraction of sp³-hybridized carbons (Fsp3) is 0.255. The van der Waals surface area contributed by atoms with Gasteiger partial charge in [0.05, 0.1) is 10.0 Å². The number of fused-ring (bicyclic) bond motifs is 2. The number of aromatic nitrogens is 2. The molecule has 6 aromatic rings. The summed E-state index contributed by atoms with van der Waals surface area (Å²) in [6.07, 6.45) is 1.46. The van der Waals surface area contributed by atoms with Gasteiger partial charge in [-0.3, -0.25) is 14.6 Å². The van der Waals surface area contributed by atoms with Crippen molar-refractivity contribution in [2.24, 2.45) is 0 Å². The molecule has 8 rings (SSSR count). The molecule has 4 heterocycles. The predicted octanol–water partition coefficient (Wildman–Crippen LogP) is 8.75. The summed E-state index contributed by atoms with van der Waals surface area (Å²) in [4.78, 5) is 51.1. The number of aryl methyl sites for hydroxylation is 3. The molecule has 1 unspecified atom stereocenters. The Labute approximate surface area is 362 Å². The second-order valence-electron chi connectivity index (χ2n) is 15.3. The number of rotatable bonds is 11. The predicted molar refractivity (Wildman–Crippen MR) is 228 cm³/mol. The van der Waals surface area contributed by atoms with Crippen molar-refractivity contribution in [1.29, 1.82) is 0 Å². The lowest BCUT2D eigenvalue weighted by Gasteiger charge is -2.37. The minimum absolute atomic E-state index is 0.0247. The summed E-state index contributed by atoms with van der Waals surface area (Å²) >= 11 is 12.2. The molecule has 0 fully saturated rings. The van der Waals surface area contributed by atoms with Gasteiger partial charge in [0.15, 0.2) is 29.2 Å². The van der Waals surface area contributed by atoms with E-state index in [0.717, 1.165) is 50.2 Å². The molecular weight excluding hydrogens is 819 g/mol. The number of hydrogen-bond acceptors (Lipinski definition) is 9. The molecule has 0 saturated heterocycles. The van der Waals surface area contributed by atoms with Crippen LogP contribution in [0.4, 0.5) is 0 Å². The van der Waals surface area contributed by atoms with Gasteiger partial charge in [0.25, 0.3) is 5.91 Å². The molecule has 0 radical (unpaired) electrons. The molecule has 0 aliphatic carbocycles. The highest BCUT2D eigenvalue weighted by Gasteiger charge is 2.39. The largest absolute Gasteiger partial charge is 0.489 e. The molecule has 12 nitrogen and oxygen atoms in total. The molecule has 61 heavy (non-hydrogen) atoms. The van der Waals surface area contributed by atoms with Crippen LogP contribution in [0, 0.1) is 27.7 Å². The number of amides is 2. The monoisotopic (exact) mass is 860 g/mol. The second-order valence-corrected chi connectivity index (χ2v) is 16.1. The van der Waals surface area contributed by atoms with E-state index in [1.807, 2.05) is 86.6 Å². The van der Waals surface area contributed by atoms with Crippen LogP contribution in [0.25, 0.3) is 11.1 Å². The first-order valence-corrected chi connectivity index (χ1v) is 20.5. The van der Waals surface area contributed by atoms with Crippen LogP contribution in [0.5, 0.6) is 17.2 Å². The number of nitrogens with zero attached hydrogens (tertiary/aromatic N) is 3. The molecule has 2 aromatic heterocycles. The van der Waals surface area contributed by atoms with E-state index in [2.05, 4.69) is 15.3 Å². The SMILES string of the molecule is Cc1nc(C(=O)N2Cc3cc4c(cc3C[C@H]2C(=O)NC(Cc2ccc(-c3ccnc(C)c3C)cc2)C(=O)O)OC[C@@H](c2ccc(OCc3ccc(Cl)c(Cl)c3)cc2)O4)c(C)o1. The number of ether oxygens (including phenoxy) is 3. The van der Waals surface area contributed by atoms with Crippen molar-refractivity contribution in [2.75, 3.05) is 6.61 Å². The maximum Gasteiger partial charge on any atom is 0.326 e. The molecule has 14 heteroatoms. The fourth-order valence-corrected chi connectivity index (χ4v) is 8.00. The maximum atomic E-state index is 14.2. The van der Waals surface area contributed by atoms with Crippen molar-refractivity contribution in [1.82, 2.24) is 20.2 Å². The van der Waals surface area contributed by atoms with Gasteiger partial charge in [-0.2, -0.15) is 0 Å². The van der Waals surface area contributed by atoms with Crippen molar-refractivity contribution in [3.05, 3.63) is 158 Å². The molecule has 2 N–H and O–H groups in total. The number of carbonyl (C=O) groups excluding carboxylic acids is 2. The number of halogens is 2. The van der Waals surface area contributed by atoms with Gasteiger partial charge in [-0.05, 0) is 108 Å². The van der Waals surface area contributed by atoms with Gasteiger partial charge in [0, 0.05) is 38.2 Å². The van der Waals surface area contributed by atoms with Gasteiger partial charge < -0.3 is 34.0 Å². The van der Waals surface area contributed by atoms with Crippen LogP contribution in [0.2, 0.25) is 10.0 Å². The lowest BCUT2D eigenvalue weighted by Crippen LogP contribution is -2.56. The number of nitrogens with one attached hydrogen (secondary N) is 1. The number of aliphatic carboxylic acids is 1. The minimum atomic E-state index is -1.27. The van der Waals surface area contributed by atoms with Gasteiger partial charge in [-0.1, -0.05) is 65.7 Å². The second kappa shape index (κ2) is 17.3. The highest BCUT2D eigenvalue weighted by Crippen LogP contribution is 2.41. The Hall–Kier alpha value is -6.37. The maximum absolute atomic E-state index is 14.2. The van der Waals surface area contributed by atoms with E-state index in [9.17, 15) is 19.5 Å². The van der Waals surface area contributed by atoms with Gasteiger partial charge in [0.1, 0.15) is 36.8 Å². The summed E-state index contributed by atoms with van der Waals surface area (Å²) in [6, 6.07) is 23.8. The molecule has 312 valence electrons. The Bertz CT molecular complexity index is 2650. The topological polar surface area (TPSA) is 153 Å². The van der Waals surface area contributed by atoms with Crippen LogP contribution >= 0.6 is 23.2 Å². The van der Waals surface area contributed by atoms with E-state index in [-0.39, 0.29) is 31.7 Å². The number of hydrogen-bond donors (Lipinski definition) is 2. The Morgan fingerprint density at radius 1 is 0.902 bits per heavy atom. The molecule has 0 saturated carbocycles. The van der Waals surface area contributed by atoms with E-state index in [1.54, 1.807) is 32.2 Å². The summed E-state index contributed by atoms with van der Waals surface area (Å²) in [5.74, 6) is -0.0459. The Morgan fingerprint density at radius 3 is 2.34 bits per heavy atom. The molecule has 2 aliphatic heterocycles. The quantitative estimate of drug-likeness (QED) is 0.129. The van der Waals surface area contributed by atoms with Gasteiger partial charge >= 0.3 is 5.97 Å². The van der Waals surface area contributed by atoms with E-state index in [1.165, 1.54) is 4.90 Å². The van der Waals surface area contributed by atoms with Gasteiger partial charge in [-0.25, -0.2) is 9.78 Å². The van der Waals surface area contributed by atoms with E-state index in [4.69, 9.17) is 41.8 Å². The van der Waals surface area contributed by atoms with Crippen LogP contribution in [0.15, 0.2) is 95.5 Å². The van der Waals surface area contributed by atoms with Gasteiger partial charge in [0.2, 0.25) is 5.91 Å². The number of pyridine rings is 1. The zero-order valence-corrected chi connectivity index (χ0v) is 35.3. The van der Waals surface area contributed by atoms with Gasteiger partial charge in [-0.15, -0.1) is 0 Å². The third-order valence-corrected chi connectivity index (χ3v) is 11.9. The number of carbonyl (C=O) groups is 3. The normalized spacial score (nSPS) is 16.1. The summed E-state index contributed by atoms with van der Waals surface area (Å²) in [5.41, 5.74) is 8.08. The molecule has 2 aliphatic rings. The van der Waals surface area contributed by atoms with Crippen LogP contribution in [0.1, 0.15) is 67.3 Å². The average molecular weight is 862 g/mol. The molecule has 0 spiro atoms. The van der Waals surface area contributed by atoms with Crippen molar-refractivity contribution < 1.29 is 38.1 Å². The Morgan fingerprint density at radius 2 is 1.64 bits per heavy atom. The van der Waals surface area contributed by atoms with Crippen LogP contribution in [-0.2, 0) is 35.6 Å². The first-order chi connectivity index (χ1) is 29.3. The molecule has 2 amide bonds. The smallest absolute Gasteiger partial charge is 0.326 e. The Balaban J connectivity index is 0.993. The number of carboxylic acids is 1. The van der Waals surface area contributed by atoms with Crippen molar-refractivity contribution in [2.45, 2.75) is 71.9 Å². The number of oxazole rings is 1. The first kappa shape index (κ1) is 41.4. The van der Waals surface area contributed by atoms with Crippen molar-refractivity contribution >= 4 is 41.0 Å². The van der Waals surface area contributed by atoms with E-state index >= 15 is 0 Å². The summed E-state index contributed by atoms with van der Waals surface area (Å²) in [7, 11) is 0. The molecule has 0 bridgehead atoms. The average Bonchev–Trinajstić information content (AvgIpc) is 3.60. The lowest BCUT2D eigenvalue weighted by atomic mass is 9.91. The zero-order valence-electron chi connectivity index (χ0n) is 33.8. The van der Waals surface area contributed by atoms with E-state index < -0.39 is 36.0 Å². The highest BCUT2D eigenvalue weighted by molar-refractivity contribution is 6.42. The van der Waals surface area contributed by atoms with E-state index in [0.29, 0.717) is 45.6 Å². The van der Waals surface area contributed by atoms with Crippen LogP contribution in [0.3, 0.4) is 0 Å². The number of benzene rings is 4. The Kier molecular flexibility index (Phi) is 11.7. The molecule has 4 aromatic carbocycles. The van der Waals surface area contributed by atoms with Crippen LogP contribution in [-0.4, -0.2) is 56.4 Å². The zero-order chi connectivity index (χ0) is 42.9. The summed E-state index contributed by atoms with van der Waals surface area (Å²) in [5, 5.41) is 14.0. The summed E-state index contributed by atoms with van der Waals surface area (Å²) < 4.78 is 24.2. The standard InChI is InChI=1S/C47H42Cl2N4O8/c1-25-26(2)50-16-15-36(25)31-8-5-29(6-9-31)18-39(47(56)57)52-45(54)40-19-33-20-41-42(21-34(33)22-53(40)46(55)44-27(3)60-28(4)51-44)61-43(24-59-41)32-10-12-35(13-11-32)58-23-30-7-14-37(48)38(49)17-30/h5-17,20-21,39-40,43H,18-19,22-24H2,1-4H3,(H,52,54)(H,56,57)/t39?,40-,43-/m0/s1. The fourth-order valence-electron chi connectivity index (χ4n) is 7.68. The minimum Gasteiger partial charge on any atom is -0.489 e. The van der Waals surface area contributed by atoms with Crippen molar-refractivity contribution in [3.63, 3.8) is 0 Å². The highest BCUT2D eigenvalue weighted by atomic mass is 35.5. The summed E-state index contributed by atoms with van der Waals surface area (Å²) in [6.45, 7) is 7.82. The molecule has 3 atom stereocenters. The first-order valence-electron chi connectivity index (χ1n) is 19.7. The third-order valence-electron chi connectivity index (χ3n) is 11.1. The number of carboxylic acid groups (broad SMARTS) is 1.